The van der Waals surface area contributed by atoms with Gasteiger partial charge in [0.25, 0.3) is 5.89 Å². The molecule has 1 atom stereocenters. The summed E-state index contributed by atoms with van der Waals surface area (Å²) in [6, 6.07) is 4.53. The summed E-state index contributed by atoms with van der Waals surface area (Å²) in [4.78, 5) is 4.01. The average molecular weight is 298 g/mol. The third kappa shape index (κ3) is 2.74. The molecule has 7 nitrogen and oxygen atoms in total. The van der Waals surface area contributed by atoms with Gasteiger partial charge < -0.3 is 14.4 Å². The van der Waals surface area contributed by atoms with E-state index in [-0.39, 0.29) is 23.0 Å². The number of hydrogen-bond acceptors (Lipinski definition) is 7. The van der Waals surface area contributed by atoms with Gasteiger partial charge in [-0.15, -0.1) is 0 Å². The van der Waals surface area contributed by atoms with Crippen molar-refractivity contribution in [3.8, 4) is 23.0 Å². The normalized spacial score (nSPS) is 13.2. The SMILES string of the molecule is COc1ccc(O)c(-c2nc(C(C)S(C)(=O)=O)no2)c1. The van der Waals surface area contributed by atoms with Crippen LogP contribution in [0.15, 0.2) is 22.7 Å². The van der Waals surface area contributed by atoms with Gasteiger partial charge in [-0.2, -0.15) is 4.98 Å². The first kappa shape index (κ1) is 14.3. The molecule has 8 heteroatoms. The fourth-order valence-electron chi connectivity index (χ4n) is 1.51. The van der Waals surface area contributed by atoms with E-state index in [0.29, 0.717) is 5.75 Å². The van der Waals surface area contributed by atoms with E-state index in [4.69, 9.17) is 9.26 Å². The second-order valence-corrected chi connectivity index (χ2v) is 6.68. The van der Waals surface area contributed by atoms with Crippen molar-refractivity contribution in [1.82, 2.24) is 10.1 Å². The molecule has 0 saturated heterocycles. The quantitative estimate of drug-likeness (QED) is 0.913. The van der Waals surface area contributed by atoms with Crippen molar-refractivity contribution in [2.24, 2.45) is 0 Å². The highest BCUT2D eigenvalue weighted by Gasteiger charge is 2.24. The van der Waals surface area contributed by atoms with Crippen LogP contribution in [0.4, 0.5) is 0 Å². The van der Waals surface area contributed by atoms with Crippen LogP contribution in [0, 0.1) is 0 Å². The zero-order valence-corrected chi connectivity index (χ0v) is 12.0. The van der Waals surface area contributed by atoms with E-state index in [0.717, 1.165) is 6.26 Å². The maximum Gasteiger partial charge on any atom is 0.261 e. The van der Waals surface area contributed by atoms with E-state index in [1.165, 1.54) is 26.2 Å². The van der Waals surface area contributed by atoms with Crippen LogP contribution in [0.1, 0.15) is 18.0 Å². The second kappa shape index (κ2) is 5.12. The monoisotopic (exact) mass is 298 g/mol. The van der Waals surface area contributed by atoms with Crippen molar-refractivity contribution in [3.63, 3.8) is 0 Å². The zero-order valence-electron chi connectivity index (χ0n) is 11.2. The molecule has 20 heavy (non-hydrogen) atoms. The molecule has 0 aliphatic rings. The fourth-order valence-corrected chi connectivity index (χ4v) is 1.99. The zero-order chi connectivity index (χ0) is 14.9. The Balaban J connectivity index is 2.43. The maximum atomic E-state index is 11.5. The summed E-state index contributed by atoms with van der Waals surface area (Å²) in [5, 5.41) is 12.5. The molecule has 0 saturated carbocycles. The average Bonchev–Trinajstić information content (AvgIpc) is 2.86. The minimum Gasteiger partial charge on any atom is -0.507 e. The first-order chi connectivity index (χ1) is 9.32. The Bertz CT molecular complexity index is 723. The Kier molecular flexibility index (Phi) is 3.67. The molecule has 0 spiro atoms. The molecule has 1 aromatic heterocycles. The van der Waals surface area contributed by atoms with Crippen LogP contribution in [-0.2, 0) is 9.84 Å². The van der Waals surface area contributed by atoms with Crippen molar-refractivity contribution in [2.45, 2.75) is 12.2 Å². The molecule has 1 aromatic carbocycles. The number of ether oxygens (including phenoxy) is 1. The van der Waals surface area contributed by atoms with E-state index in [2.05, 4.69) is 10.1 Å². The summed E-state index contributed by atoms with van der Waals surface area (Å²) in [5.74, 6) is 0.526. The van der Waals surface area contributed by atoms with E-state index >= 15 is 0 Å². The van der Waals surface area contributed by atoms with Crippen LogP contribution < -0.4 is 4.74 Å². The van der Waals surface area contributed by atoms with Crippen LogP contribution in [0.3, 0.4) is 0 Å². The molecule has 0 radical (unpaired) electrons. The van der Waals surface area contributed by atoms with Gasteiger partial charge in [0.15, 0.2) is 15.7 Å². The molecule has 0 aliphatic carbocycles. The molecule has 2 aromatic rings. The number of nitrogens with zero attached hydrogens (tertiary/aromatic N) is 2. The van der Waals surface area contributed by atoms with Crippen molar-refractivity contribution >= 4 is 9.84 Å². The lowest BCUT2D eigenvalue weighted by atomic mass is 10.2. The molecular weight excluding hydrogens is 284 g/mol. The van der Waals surface area contributed by atoms with E-state index < -0.39 is 15.1 Å². The highest BCUT2D eigenvalue weighted by Crippen LogP contribution is 2.32. The molecule has 0 amide bonds. The first-order valence-electron chi connectivity index (χ1n) is 5.72. The summed E-state index contributed by atoms with van der Waals surface area (Å²) >= 11 is 0. The molecule has 1 heterocycles. The summed E-state index contributed by atoms with van der Waals surface area (Å²) in [5.41, 5.74) is 0.281. The lowest BCUT2D eigenvalue weighted by Gasteiger charge is -2.03. The minimum atomic E-state index is -3.32. The van der Waals surface area contributed by atoms with Gasteiger partial charge in [-0.05, 0) is 25.1 Å². The Morgan fingerprint density at radius 1 is 1.40 bits per heavy atom. The molecule has 2 rings (SSSR count). The van der Waals surface area contributed by atoms with Crippen LogP contribution >= 0.6 is 0 Å². The molecule has 0 fully saturated rings. The molecular formula is C12H14N2O5S. The van der Waals surface area contributed by atoms with Gasteiger partial charge in [-0.25, -0.2) is 8.42 Å². The number of phenols is 1. The van der Waals surface area contributed by atoms with Gasteiger partial charge in [-0.1, -0.05) is 5.16 Å². The van der Waals surface area contributed by atoms with Gasteiger partial charge in [0.2, 0.25) is 0 Å². The van der Waals surface area contributed by atoms with Crippen molar-refractivity contribution in [2.75, 3.05) is 13.4 Å². The number of methoxy groups -OCH3 is 1. The molecule has 1 unspecified atom stereocenters. The number of aromatic nitrogens is 2. The second-order valence-electron chi connectivity index (χ2n) is 4.31. The lowest BCUT2D eigenvalue weighted by molar-refractivity contribution is 0.406. The Hall–Kier alpha value is -2.09. The number of sulfone groups is 1. The van der Waals surface area contributed by atoms with Crippen LogP contribution in [-0.4, -0.2) is 37.0 Å². The van der Waals surface area contributed by atoms with Gasteiger partial charge in [0.05, 0.1) is 12.7 Å². The predicted octanol–water partition coefficient (Wildman–Crippen LogP) is 1.56. The highest BCUT2D eigenvalue weighted by molar-refractivity contribution is 7.90. The van der Waals surface area contributed by atoms with Gasteiger partial charge in [0, 0.05) is 6.26 Å². The Labute approximate surface area is 116 Å². The number of rotatable bonds is 4. The third-order valence-electron chi connectivity index (χ3n) is 2.88. The van der Waals surface area contributed by atoms with Gasteiger partial charge in [0.1, 0.15) is 16.7 Å². The van der Waals surface area contributed by atoms with Crippen molar-refractivity contribution < 1.29 is 22.8 Å². The largest absolute Gasteiger partial charge is 0.507 e. The third-order valence-corrected chi connectivity index (χ3v) is 4.38. The van der Waals surface area contributed by atoms with E-state index in [1.807, 2.05) is 0 Å². The maximum absolute atomic E-state index is 11.5. The summed E-state index contributed by atoms with van der Waals surface area (Å²) in [6.07, 6.45) is 1.09. The molecule has 0 bridgehead atoms. The standard InChI is InChI=1S/C12H14N2O5S/c1-7(20(3,16)17)11-13-12(19-14-11)9-6-8(18-2)4-5-10(9)15/h4-7,15H,1-3H3. The van der Waals surface area contributed by atoms with E-state index in [9.17, 15) is 13.5 Å². The van der Waals surface area contributed by atoms with E-state index in [1.54, 1.807) is 6.07 Å². The van der Waals surface area contributed by atoms with Gasteiger partial charge >= 0.3 is 0 Å². The topological polar surface area (TPSA) is 103 Å². The Morgan fingerprint density at radius 3 is 2.70 bits per heavy atom. The van der Waals surface area contributed by atoms with Crippen LogP contribution in [0.5, 0.6) is 11.5 Å². The molecule has 108 valence electrons. The van der Waals surface area contributed by atoms with Crippen LogP contribution in [0.25, 0.3) is 11.5 Å². The fraction of sp³-hybridized carbons (Fsp3) is 0.333. The smallest absolute Gasteiger partial charge is 0.261 e. The number of phenolic OH excluding ortho intramolecular Hbond substituents is 1. The number of aromatic hydroxyl groups is 1. The van der Waals surface area contributed by atoms with Crippen molar-refractivity contribution in [3.05, 3.63) is 24.0 Å². The summed E-state index contributed by atoms with van der Waals surface area (Å²) in [6.45, 7) is 1.47. The minimum absolute atomic E-state index is 0.0342. The molecule has 0 aliphatic heterocycles. The molecule has 1 N–H and O–H groups in total. The number of hydrogen-bond donors (Lipinski definition) is 1. The summed E-state index contributed by atoms with van der Waals surface area (Å²) < 4.78 is 33.0. The van der Waals surface area contributed by atoms with Gasteiger partial charge in [-0.3, -0.25) is 0 Å². The lowest BCUT2D eigenvalue weighted by Crippen LogP contribution is -2.09. The predicted molar refractivity (Wildman–Crippen MR) is 71.2 cm³/mol. The summed E-state index contributed by atoms with van der Waals surface area (Å²) in [7, 11) is -1.83. The Morgan fingerprint density at radius 2 is 2.10 bits per heavy atom. The number of benzene rings is 1. The van der Waals surface area contributed by atoms with Crippen molar-refractivity contribution in [1.29, 1.82) is 0 Å². The first-order valence-corrected chi connectivity index (χ1v) is 7.68. The highest BCUT2D eigenvalue weighted by atomic mass is 32.2. The van der Waals surface area contributed by atoms with Crippen LogP contribution in [0.2, 0.25) is 0 Å².